The standard InChI is InChI=1S/C11H9ClN2S/c12-10-5-1-2-6-11(10)14-13-8-9-4-3-7-15-9/h1-8,14H/b13-8-. The lowest BCUT2D eigenvalue weighted by Gasteiger charge is -2.00. The largest absolute Gasteiger partial charge is 0.277 e. The lowest BCUT2D eigenvalue weighted by Crippen LogP contribution is -1.89. The van der Waals surface area contributed by atoms with Crippen LogP contribution in [0.5, 0.6) is 0 Å². The minimum absolute atomic E-state index is 0.667. The molecule has 0 aliphatic heterocycles. The molecule has 0 unspecified atom stereocenters. The third-order valence-corrected chi connectivity index (χ3v) is 2.93. The number of nitrogens with zero attached hydrogens (tertiary/aromatic N) is 1. The molecule has 1 aromatic carbocycles. The Labute approximate surface area is 97.2 Å². The zero-order valence-electron chi connectivity index (χ0n) is 7.85. The number of hydrogen-bond acceptors (Lipinski definition) is 3. The lowest BCUT2D eigenvalue weighted by molar-refractivity contribution is 1.35. The number of para-hydroxylation sites is 1. The van der Waals surface area contributed by atoms with Gasteiger partial charge in [-0.2, -0.15) is 5.10 Å². The summed E-state index contributed by atoms with van der Waals surface area (Å²) in [5, 5.41) is 6.77. The summed E-state index contributed by atoms with van der Waals surface area (Å²) in [4.78, 5) is 1.11. The van der Waals surface area contributed by atoms with Crippen LogP contribution in [0.1, 0.15) is 4.88 Å². The van der Waals surface area contributed by atoms with E-state index in [-0.39, 0.29) is 0 Å². The molecule has 0 saturated carbocycles. The highest BCUT2D eigenvalue weighted by Crippen LogP contribution is 2.20. The van der Waals surface area contributed by atoms with Gasteiger partial charge in [-0.25, -0.2) is 0 Å². The summed E-state index contributed by atoms with van der Waals surface area (Å²) < 4.78 is 0. The molecule has 0 bridgehead atoms. The second kappa shape index (κ2) is 4.96. The first-order valence-electron chi connectivity index (χ1n) is 4.43. The smallest absolute Gasteiger partial charge is 0.0748 e. The van der Waals surface area contributed by atoms with Gasteiger partial charge in [-0.1, -0.05) is 29.8 Å². The lowest BCUT2D eigenvalue weighted by atomic mass is 10.3. The Morgan fingerprint density at radius 2 is 2.07 bits per heavy atom. The van der Waals surface area contributed by atoms with E-state index in [1.165, 1.54) is 0 Å². The highest BCUT2D eigenvalue weighted by atomic mass is 35.5. The average Bonchev–Trinajstić information content (AvgIpc) is 2.74. The quantitative estimate of drug-likeness (QED) is 0.635. The maximum Gasteiger partial charge on any atom is 0.0748 e. The van der Waals surface area contributed by atoms with E-state index in [1.54, 1.807) is 17.6 Å². The highest BCUT2D eigenvalue weighted by Gasteiger charge is 1.94. The Morgan fingerprint density at radius 3 is 2.80 bits per heavy atom. The van der Waals surface area contributed by atoms with Gasteiger partial charge < -0.3 is 0 Å². The van der Waals surface area contributed by atoms with Crippen molar-refractivity contribution in [1.29, 1.82) is 0 Å². The molecule has 2 nitrogen and oxygen atoms in total. The molecule has 76 valence electrons. The topological polar surface area (TPSA) is 24.4 Å². The molecule has 0 aliphatic rings. The predicted molar refractivity (Wildman–Crippen MR) is 67.0 cm³/mol. The van der Waals surface area contributed by atoms with Crippen LogP contribution in [0.2, 0.25) is 5.02 Å². The number of nitrogens with one attached hydrogen (secondary N) is 1. The van der Waals surface area contributed by atoms with Crippen LogP contribution in [0.25, 0.3) is 0 Å². The normalized spacial score (nSPS) is 10.7. The van der Waals surface area contributed by atoms with E-state index in [0.29, 0.717) is 5.02 Å². The first-order valence-corrected chi connectivity index (χ1v) is 5.69. The second-order valence-electron chi connectivity index (χ2n) is 2.87. The van der Waals surface area contributed by atoms with Crippen LogP contribution in [0.15, 0.2) is 46.9 Å². The van der Waals surface area contributed by atoms with Gasteiger partial charge in [-0.3, -0.25) is 5.43 Å². The van der Waals surface area contributed by atoms with Crippen molar-refractivity contribution in [2.75, 3.05) is 5.43 Å². The molecule has 15 heavy (non-hydrogen) atoms. The fourth-order valence-corrected chi connectivity index (χ4v) is 1.84. The molecule has 2 rings (SSSR count). The van der Waals surface area contributed by atoms with Crippen molar-refractivity contribution >= 4 is 34.8 Å². The Balaban J connectivity index is 2.02. The van der Waals surface area contributed by atoms with Gasteiger partial charge in [-0.05, 0) is 23.6 Å². The molecule has 0 spiro atoms. The molecule has 0 fully saturated rings. The van der Waals surface area contributed by atoms with Gasteiger partial charge in [0.05, 0.1) is 16.9 Å². The van der Waals surface area contributed by atoms with Crippen LogP contribution in [-0.4, -0.2) is 6.21 Å². The molecule has 4 heteroatoms. The second-order valence-corrected chi connectivity index (χ2v) is 4.25. The Hall–Kier alpha value is -1.32. The van der Waals surface area contributed by atoms with E-state index < -0.39 is 0 Å². The molecule has 1 heterocycles. The minimum Gasteiger partial charge on any atom is -0.277 e. The van der Waals surface area contributed by atoms with E-state index in [9.17, 15) is 0 Å². The van der Waals surface area contributed by atoms with E-state index >= 15 is 0 Å². The van der Waals surface area contributed by atoms with Crippen molar-refractivity contribution in [3.8, 4) is 0 Å². The zero-order valence-corrected chi connectivity index (χ0v) is 9.42. The van der Waals surface area contributed by atoms with Crippen molar-refractivity contribution in [1.82, 2.24) is 0 Å². The number of benzene rings is 1. The molecular weight excluding hydrogens is 228 g/mol. The van der Waals surface area contributed by atoms with E-state index in [2.05, 4.69) is 10.5 Å². The van der Waals surface area contributed by atoms with E-state index in [0.717, 1.165) is 10.6 Å². The van der Waals surface area contributed by atoms with Crippen molar-refractivity contribution < 1.29 is 0 Å². The molecule has 0 saturated heterocycles. The molecular formula is C11H9ClN2S. The summed E-state index contributed by atoms with van der Waals surface area (Å²) in [7, 11) is 0. The Bertz CT molecular complexity index is 451. The van der Waals surface area contributed by atoms with Crippen LogP contribution in [0, 0.1) is 0 Å². The summed E-state index contributed by atoms with van der Waals surface area (Å²) in [6, 6.07) is 11.5. The van der Waals surface area contributed by atoms with Gasteiger partial charge in [0.25, 0.3) is 0 Å². The summed E-state index contributed by atoms with van der Waals surface area (Å²) in [5.41, 5.74) is 3.71. The molecule has 0 atom stereocenters. The third kappa shape index (κ3) is 2.81. The number of thiophene rings is 1. The minimum atomic E-state index is 0.667. The van der Waals surface area contributed by atoms with Gasteiger partial charge in [0.1, 0.15) is 0 Å². The summed E-state index contributed by atoms with van der Waals surface area (Å²) >= 11 is 7.59. The molecule has 0 radical (unpaired) electrons. The molecule has 1 N–H and O–H groups in total. The van der Waals surface area contributed by atoms with Crippen molar-refractivity contribution in [2.45, 2.75) is 0 Å². The monoisotopic (exact) mass is 236 g/mol. The van der Waals surface area contributed by atoms with Crippen LogP contribution in [0.4, 0.5) is 5.69 Å². The third-order valence-electron chi connectivity index (χ3n) is 1.79. The number of hydrogen-bond donors (Lipinski definition) is 1. The van der Waals surface area contributed by atoms with Crippen molar-refractivity contribution in [3.05, 3.63) is 51.7 Å². The maximum absolute atomic E-state index is 5.95. The fraction of sp³-hybridized carbons (Fsp3) is 0. The van der Waals surface area contributed by atoms with Gasteiger partial charge >= 0.3 is 0 Å². The van der Waals surface area contributed by atoms with Crippen LogP contribution >= 0.6 is 22.9 Å². The Kier molecular flexibility index (Phi) is 3.37. The Morgan fingerprint density at radius 1 is 1.20 bits per heavy atom. The first kappa shape index (κ1) is 10.2. The average molecular weight is 237 g/mol. The number of anilines is 1. The summed E-state index contributed by atoms with van der Waals surface area (Å²) in [6.45, 7) is 0. The first-order chi connectivity index (χ1) is 7.36. The molecule has 1 aromatic heterocycles. The van der Waals surface area contributed by atoms with Crippen LogP contribution in [0.3, 0.4) is 0 Å². The zero-order chi connectivity index (χ0) is 10.5. The molecule has 0 amide bonds. The summed E-state index contributed by atoms with van der Waals surface area (Å²) in [5.74, 6) is 0. The fourth-order valence-electron chi connectivity index (χ4n) is 1.08. The van der Waals surface area contributed by atoms with Gasteiger partial charge in [0, 0.05) is 4.88 Å². The number of halogens is 1. The molecule has 2 aromatic rings. The van der Waals surface area contributed by atoms with Gasteiger partial charge in [-0.15, -0.1) is 11.3 Å². The van der Waals surface area contributed by atoms with Crippen molar-refractivity contribution in [3.63, 3.8) is 0 Å². The maximum atomic E-state index is 5.95. The number of hydrazone groups is 1. The van der Waals surface area contributed by atoms with E-state index in [4.69, 9.17) is 11.6 Å². The molecule has 0 aliphatic carbocycles. The van der Waals surface area contributed by atoms with E-state index in [1.807, 2.05) is 41.8 Å². The van der Waals surface area contributed by atoms with Crippen LogP contribution < -0.4 is 5.43 Å². The summed E-state index contributed by atoms with van der Waals surface area (Å²) in [6.07, 6.45) is 1.77. The highest BCUT2D eigenvalue weighted by molar-refractivity contribution is 7.11. The van der Waals surface area contributed by atoms with Gasteiger partial charge in [0.2, 0.25) is 0 Å². The number of rotatable bonds is 3. The van der Waals surface area contributed by atoms with Gasteiger partial charge in [0.15, 0.2) is 0 Å². The predicted octanol–water partition coefficient (Wildman–Crippen LogP) is 3.85. The van der Waals surface area contributed by atoms with Crippen molar-refractivity contribution in [2.24, 2.45) is 5.10 Å². The van der Waals surface area contributed by atoms with Crippen LogP contribution in [-0.2, 0) is 0 Å². The SMILES string of the molecule is Clc1ccccc1N/N=C\c1cccs1.